The molecule has 2 aliphatic heterocycles. The molecule has 2 fully saturated rings. The third-order valence-electron chi connectivity index (χ3n) is 4.53. The van der Waals surface area contributed by atoms with E-state index >= 15 is 0 Å². The maximum Gasteiger partial charge on any atom is 0.414 e. The van der Waals surface area contributed by atoms with E-state index in [2.05, 4.69) is 5.32 Å². The van der Waals surface area contributed by atoms with E-state index in [1.165, 1.54) is 4.90 Å². The molecule has 2 aliphatic rings. The van der Waals surface area contributed by atoms with Crippen LogP contribution >= 0.6 is 12.2 Å². The standard InChI is InChI=1S/C18H24N4O6S/c1-20(25-2)7-9-26-16(29)19-11-15-12-22(18(24)28-15)14-5-3-13(4-6-14)21-8-10-27-17(21)23/h3-6,15H,7-12H2,1-2H3,(H,19,29)/t15-/m0/s1. The predicted octanol–water partition coefficient (Wildman–Crippen LogP) is 1.35. The zero-order valence-electron chi connectivity index (χ0n) is 16.3. The number of hydrogen-bond acceptors (Lipinski definition) is 8. The Morgan fingerprint density at radius 1 is 1.24 bits per heavy atom. The Labute approximate surface area is 174 Å². The summed E-state index contributed by atoms with van der Waals surface area (Å²) < 4.78 is 15.7. The number of nitrogens with zero attached hydrogens (tertiary/aromatic N) is 3. The molecule has 1 aromatic rings. The average Bonchev–Trinajstić information content (AvgIpc) is 3.31. The Hall–Kier alpha value is -2.63. The maximum atomic E-state index is 12.2. The van der Waals surface area contributed by atoms with Crippen molar-refractivity contribution in [3.8, 4) is 0 Å². The Kier molecular flexibility index (Phi) is 7.07. The smallest absolute Gasteiger partial charge is 0.414 e. The molecule has 0 aromatic heterocycles. The van der Waals surface area contributed by atoms with Gasteiger partial charge in [-0.05, 0) is 36.5 Å². The van der Waals surface area contributed by atoms with E-state index in [9.17, 15) is 9.59 Å². The predicted molar refractivity (Wildman–Crippen MR) is 109 cm³/mol. The molecule has 158 valence electrons. The topological polar surface area (TPSA) is 92.8 Å². The van der Waals surface area contributed by atoms with E-state index in [0.29, 0.717) is 45.1 Å². The Balaban J connectivity index is 1.46. The number of thiocarbonyl (C=S) groups is 1. The van der Waals surface area contributed by atoms with E-state index < -0.39 is 6.09 Å². The molecule has 0 bridgehead atoms. The van der Waals surface area contributed by atoms with Gasteiger partial charge in [0, 0.05) is 18.4 Å². The number of cyclic esters (lactones) is 2. The summed E-state index contributed by atoms with van der Waals surface area (Å²) in [5, 5.41) is 4.81. The lowest BCUT2D eigenvalue weighted by Gasteiger charge is -2.17. The zero-order chi connectivity index (χ0) is 20.8. The first kappa shape index (κ1) is 21.1. The van der Waals surface area contributed by atoms with Crippen molar-refractivity contribution in [3.63, 3.8) is 0 Å². The van der Waals surface area contributed by atoms with Crippen molar-refractivity contribution in [1.29, 1.82) is 0 Å². The molecule has 1 aromatic carbocycles. The van der Waals surface area contributed by atoms with Crippen LogP contribution in [0.1, 0.15) is 0 Å². The fourth-order valence-corrected chi connectivity index (χ4v) is 3.05. The number of amides is 2. The molecule has 1 atom stereocenters. The first-order valence-electron chi connectivity index (χ1n) is 9.16. The average molecular weight is 424 g/mol. The van der Waals surface area contributed by atoms with Crippen molar-refractivity contribution in [2.24, 2.45) is 0 Å². The van der Waals surface area contributed by atoms with E-state index in [-0.39, 0.29) is 17.4 Å². The normalized spacial score (nSPS) is 18.8. The van der Waals surface area contributed by atoms with Crippen molar-refractivity contribution in [1.82, 2.24) is 10.4 Å². The van der Waals surface area contributed by atoms with Crippen LogP contribution in [0, 0.1) is 0 Å². The highest BCUT2D eigenvalue weighted by Gasteiger charge is 2.32. The van der Waals surface area contributed by atoms with Crippen LogP contribution in [-0.4, -0.2) is 82.1 Å². The molecule has 11 heteroatoms. The number of carbonyl (C=O) groups excluding carboxylic acids is 2. The van der Waals surface area contributed by atoms with Gasteiger partial charge >= 0.3 is 12.2 Å². The lowest BCUT2D eigenvalue weighted by atomic mass is 10.2. The molecule has 0 aliphatic carbocycles. The van der Waals surface area contributed by atoms with Gasteiger partial charge in [-0.1, -0.05) is 0 Å². The molecule has 1 N–H and O–H groups in total. The number of hydroxylamine groups is 2. The molecular weight excluding hydrogens is 400 g/mol. The van der Waals surface area contributed by atoms with Gasteiger partial charge in [-0.3, -0.25) is 9.80 Å². The molecular formula is C18H24N4O6S. The number of ether oxygens (including phenoxy) is 3. The minimum atomic E-state index is -0.432. The number of anilines is 2. The summed E-state index contributed by atoms with van der Waals surface area (Å²) in [6.07, 6.45) is -1.16. The highest BCUT2D eigenvalue weighted by Crippen LogP contribution is 2.26. The van der Waals surface area contributed by atoms with Crippen LogP contribution in [0.25, 0.3) is 0 Å². The SMILES string of the molecule is CON(C)CCOC(=S)NC[C@H]1CN(c2ccc(N3CCOC3=O)cc2)C(=O)O1. The number of rotatable bonds is 8. The lowest BCUT2D eigenvalue weighted by Crippen LogP contribution is -2.35. The first-order valence-corrected chi connectivity index (χ1v) is 9.57. The Morgan fingerprint density at radius 2 is 1.93 bits per heavy atom. The fraction of sp³-hybridized carbons (Fsp3) is 0.500. The largest absolute Gasteiger partial charge is 0.470 e. The van der Waals surface area contributed by atoms with Crippen LogP contribution in [0.4, 0.5) is 21.0 Å². The van der Waals surface area contributed by atoms with Gasteiger partial charge in [0.1, 0.15) is 19.3 Å². The van der Waals surface area contributed by atoms with Gasteiger partial charge in [-0.25, -0.2) is 9.59 Å². The van der Waals surface area contributed by atoms with Gasteiger partial charge in [0.25, 0.3) is 5.17 Å². The highest BCUT2D eigenvalue weighted by atomic mass is 32.1. The molecule has 2 heterocycles. The third kappa shape index (κ3) is 5.46. The minimum Gasteiger partial charge on any atom is -0.470 e. The minimum absolute atomic E-state index is 0.242. The van der Waals surface area contributed by atoms with Gasteiger partial charge in [0.15, 0.2) is 0 Å². The number of likely N-dealkylation sites (N-methyl/N-ethyl adjacent to an activating group) is 1. The highest BCUT2D eigenvalue weighted by molar-refractivity contribution is 7.80. The van der Waals surface area contributed by atoms with Crippen LogP contribution in [0.15, 0.2) is 24.3 Å². The fourth-order valence-electron chi connectivity index (χ4n) is 2.89. The van der Waals surface area contributed by atoms with E-state index in [4.69, 9.17) is 31.3 Å². The van der Waals surface area contributed by atoms with Crippen LogP contribution < -0.4 is 15.1 Å². The summed E-state index contributed by atoms with van der Waals surface area (Å²) in [5.74, 6) is 0. The van der Waals surface area contributed by atoms with Gasteiger partial charge in [-0.15, -0.1) is 0 Å². The second-order valence-corrected chi connectivity index (χ2v) is 6.82. The van der Waals surface area contributed by atoms with E-state index in [1.807, 2.05) is 0 Å². The van der Waals surface area contributed by atoms with Gasteiger partial charge in [-0.2, -0.15) is 5.06 Å². The maximum absolute atomic E-state index is 12.2. The van der Waals surface area contributed by atoms with Crippen LogP contribution in [0.2, 0.25) is 0 Å². The second-order valence-electron chi connectivity index (χ2n) is 6.45. The summed E-state index contributed by atoms with van der Waals surface area (Å²) in [6.45, 7) is 2.56. The van der Waals surface area contributed by atoms with Gasteiger partial charge in [0.2, 0.25) is 0 Å². The zero-order valence-corrected chi connectivity index (χ0v) is 17.1. The summed E-state index contributed by atoms with van der Waals surface area (Å²) >= 11 is 5.12. The lowest BCUT2D eigenvalue weighted by molar-refractivity contribution is -0.114. The summed E-state index contributed by atoms with van der Waals surface area (Å²) in [4.78, 5) is 31.9. The monoisotopic (exact) mass is 424 g/mol. The number of benzene rings is 1. The van der Waals surface area contributed by atoms with Crippen molar-refractivity contribution in [2.45, 2.75) is 6.10 Å². The molecule has 0 saturated carbocycles. The quantitative estimate of drug-likeness (QED) is 0.490. The number of nitrogens with one attached hydrogen (secondary N) is 1. The molecule has 29 heavy (non-hydrogen) atoms. The second kappa shape index (κ2) is 9.72. The summed E-state index contributed by atoms with van der Waals surface area (Å²) in [6, 6.07) is 7.11. The first-order chi connectivity index (χ1) is 14.0. The van der Waals surface area contributed by atoms with Crippen LogP contribution in [0.5, 0.6) is 0 Å². The molecule has 3 rings (SSSR count). The van der Waals surface area contributed by atoms with Gasteiger partial charge in [0.05, 0.1) is 33.3 Å². The van der Waals surface area contributed by atoms with E-state index in [0.717, 1.165) is 5.69 Å². The number of hydrogen-bond donors (Lipinski definition) is 1. The molecule has 0 unspecified atom stereocenters. The molecule has 0 radical (unpaired) electrons. The van der Waals surface area contributed by atoms with E-state index in [1.54, 1.807) is 48.4 Å². The number of carbonyl (C=O) groups is 2. The van der Waals surface area contributed by atoms with Gasteiger partial charge < -0.3 is 24.4 Å². The summed E-state index contributed by atoms with van der Waals surface area (Å²) in [7, 11) is 3.36. The molecule has 10 nitrogen and oxygen atoms in total. The van der Waals surface area contributed by atoms with Crippen molar-refractivity contribution >= 4 is 41.0 Å². The van der Waals surface area contributed by atoms with Crippen LogP contribution in [-0.2, 0) is 19.0 Å². The third-order valence-corrected chi connectivity index (χ3v) is 4.80. The molecule has 0 spiro atoms. The van der Waals surface area contributed by atoms with Crippen molar-refractivity contribution in [2.75, 3.05) is 63.4 Å². The molecule has 2 saturated heterocycles. The van der Waals surface area contributed by atoms with Crippen molar-refractivity contribution in [3.05, 3.63) is 24.3 Å². The Morgan fingerprint density at radius 3 is 2.55 bits per heavy atom. The van der Waals surface area contributed by atoms with Crippen LogP contribution in [0.3, 0.4) is 0 Å². The van der Waals surface area contributed by atoms with Crippen molar-refractivity contribution < 1.29 is 28.6 Å². The molecule has 2 amide bonds. The Bertz CT molecular complexity index is 746. The summed E-state index contributed by atoms with van der Waals surface area (Å²) in [5.41, 5.74) is 1.42.